The average Bonchev–Trinajstić information content (AvgIpc) is 3.46. The van der Waals surface area contributed by atoms with Crippen LogP contribution in [0.2, 0.25) is 0 Å². The summed E-state index contributed by atoms with van der Waals surface area (Å²) < 4.78 is 16.7. The Labute approximate surface area is 310 Å². The Hall–Kier alpha value is -2.15. The van der Waals surface area contributed by atoms with E-state index < -0.39 is 12.1 Å². The lowest BCUT2D eigenvalue weighted by Gasteiger charge is -2.58. The first-order valence-corrected chi connectivity index (χ1v) is 21.0. The molecule has 3 saturated carbocycles. The van der Waals surface area contributed by atoms with Crippen LogP contribution in [-0.4, -0.2) is 43.3 Å². The lowest BCUT2D eigenvalue weighted by Crippen LogP contribution is -2.51. The van der Waals surface area contributed by atoms with Gasteiger partial charge in [-0.2, -0.15) is 0 Å². The minimum absolute atomic E-state index is 0.0203. The Bertz CT molecular complexity index is 1180. The fourth-order valence-corrected chi connectivity index (χ4v) is 10.9. The first kappa shape index (κ1) is 41.6. The molecule has 4 aliphatic rings. The summed E-state index contributed by atoms with van der Waals surface area (Å²) in [6.07, 6.45) is 23.5. The van der Waals surface area contributed by atoms with Gasteiger partial charge in [0.2, 0.25) is 0 Å². The van der Waals surface area contributed by atoms with Crippen LogP contribution in [0.15, 0.2) is 24.3 Å². The number of ether oxygens (including phenoxy) is 3. The number of rotatable bonds is 21. The van der Waals surface area contributed by atoms with Crippen LogP contribution in [0.4, 0.5) is 0 Å². The number of unbranched alkanes of at least 4 members (excludes halogenated alkanes) is 5. The number of carbonyl (C=O) groups excluding carboxylic acids is 3. The molecule has 0 saturated heterocycles. The number of fused-ring (bicyclic) bond motifs is 5. The molecular weight excluding hydrogens is 638 g/mol. The van der Waals surface area contributed by atoms with Crippen molar-refractivity contribution in [2.75, 3.05) is 13.2 Å². The summed E-state index contributed by atoms with van der Waals surface area (Å²) >= 11 is 0. The van der Waals surface area contributed by atoms with Crippen LogP contribution in [0.3, 0.4) is 0 Å². The van der Waals surface area contributed by atoms with Crippen molar-refractivity contribution in [3.8, 4) is 0 Å². The fraction of sp³-hybridized carbons (Fsp3) is 0.841. The fourth-order valence-electron chi connectivity index (χ4n) is 10.9. The summed E-state index contributed by atoms with van der Waals surface area (Å²) in [6, 6.07) is 0. The van der Waals surface area contributed by atoms with E-state index in [9.17, 15) is 14.4 Å². The first-order chi connectivity index (χ1) is 24.4. The molecule has 0 aromatic rings. The van der Waals surface area contributed by atoms with E-state index >= 15 is 0 Å². The normalized spacial score (nSPS) is 31.0. The van der Waals surface area contributed by atoms with Gasteiger partial charge in [0.05, 0.1) is 12.8 Å². The maximum absolute atomic E-state index is 12.8. The van der Waals surface area contributed by atoms with Crippen molar-refractivity contribution < 1.29 is 28.6 Å². The van der Waals surface area contributed by atoms with Crippen molar-refractivity contribution >= 4 is 17.9 Å². The highest BCUT2D eigenvalue weighted by atomic mass is 16.6. The standard InChI is InChI=1S/C44H73NO6/c1-7-8-9-10-11-12-13-17-41(47)51-35(29-45)30-49-40(46)22-23-42(48)50-34-24-26-43(5)33(28-34)18-19-36-38-21-20-37(32(4)16-14-15-31(2)3)44(38,6)27-25-39(36)43/h7,18,31-32,34-39H,1,8-17,19-30,45H2,2-6H3/t32-,34+,35?,36?,37-,38?,39?,43+,44-/m1/s1. The van der Waals surface area contributed by atoms with E-state index in [2.05, 4.69) is 47.3 Å². The van der Waals surface area contributed by atoms with Gasteiger partial charge in [0, 0.05) is 19.4 Å². The van der Waals surface area contributed by atoms with Gasteiger partial charge in [0.25, 0.3) is 0 Å². The molecule has 0 aromatic heterocycles. The third kappa shape index (κ3) is 11.2. The van der Waals surface area contributed by atoms with Crippen LogP contribution in [0.1, 0.15) is 163 Å². The molecule has 9 atom stereocenters. The number of hydrogen-bond acceptors (Lipinski definition) is 7. The molecule has 290 valence electrons. The van der Waals surface area contributed by atoms with Crippen molar-refractivity contribution in [2.24, 2.45) is 52.1 Å². The molecule has 4 unspecified atom stereocenters. The zero-order chi connectivity index (χ0) is 37.0. The van der Waals surface area contributed by atoms with E-state index in [-0.39, 0.29) is 49.5 Å². The molecule has 2 N–H and O–H groups in total. The quantitative estimate of drug-likeness (QED) is 0.0547. The molecule has 0 aromatic carbocycles. The number of esters is 3. The number of carbonyl (C=O) groups is 3. The second-order valence-corrected chi connectivity index (χ2v) is 17.8. The minimum Gasteiger partial charge on any atom is -0.462 e. The van der Waals surface area contributed by atoms with Crippen molar-refractivity contribution in [2.45, 2.75) is 175 Å². The van der Waals surface area contributed by atoms with Gasteiger partial charge in [0.15, 0.2) is 0 Å². The summed E-state index contributed by atoms with van der Waals surface area (Å²) in [5.41, 5.74) is 7.94. The smallest absolute Gasteiger partial charge is 0.306 e. The lowest BCUT2D eigenvalue weighted by atomic mass is 9.47. The highest BCUT2D eigenvalue weighted by Crippen LogP contribution is 2.67. The third-order valence-electron chi connectivity index (χ3n) is 13.9. The van der Waals surface area contributed by atoms with E-state index in [0.29, 0.717) is 11.8 Å². The van der Waals surface area contributed by atoms with E-state index in [1.54, 1.807) is 0 Å². The highest BCUT2D eigenvalue weighted by Gasteiger charge is 2.59. The van der Waals surface area contributed by atoms with Crippen LogP contribution in [-0.2, 0) is 28.6 Å². The Kier molecular flexibility index (Phi) is 16.1. The summed E-state index contributed by atoms with van der Waals surface area (Å²) in [4.78, 5) is 37.5. The van der Waals surface area contributed by atoms with E-state index in [1.807, 2.05) is 6.08 Å². The number of allylic oxidation sites excluding steroid dienone is 2. The predicted molar refractivity (Wildman–Crippen MR) is 205 cm³/mol. The van der Waals surface area contributed by atoms with Crippen LogP contribution in [0.5, 0.6) is 0 Å². The van der Waals surface area contributed by atoms with Crippen molar-refractivity contribution in [3.63, 3.8) is 0 Å². The van der Waals surface area contributed by atoms with Crippen LogP contribution in [0, 0.1) is 46.3 Å². The molecule has 3 fully saturated rings. The van der Waals surface area contributed by atoms with Gasteiger partial charge in [-0.25, -0.2) is 0 Å². The molecule has 0 aliphatic heterocycles. The number of nitrogens with two attached hydrogens (primary N) is 1. The highest BCUT2D eigenvalue weighted by molar-refractivity contribution is 5.77. The predicted octanol–water partition coefficient (Wildman–Crippen LogP) is 10.1. The second kappa shape index (κ2) is 19.8. The monoisotopic (exact) mass is 712 g/mol. The summed E-state index contributed by atoms with van der Waals surface area (Å²) in [7, 11) is 0. The largest absolute Gasteiger partial charge is 0.462 e. The molecule has 0 heterocycles. The minimum atomic E-state index is -0.683. The van der Waals surface area contributed by atoms with Gasteiger partial charge in [-0.15, -0.1) is 6.58 Å². The van der Waals surface area contributed by atoms with Crippen molar-refractivity contribution in [1.82, 2.24) is 0 Å². The van der Waals surface area contributed by atoms with Gasteiger partial charge in [-0.3, -0.25) is 14.4 Å². The molecule has 4 rings (SSSR count). The molecule has 7 nitrogen and oxygen atoms in total. The van der Waals surface area contributed by atoms with Gasteiger partial charge >= 0.3 is 17.9 Å². The van der Waals surface area contributed by atoms with E-state index in [0.717, 1.165) is 93.3 Å². The van der Waals surface area contributed by atoms with Crippen LogP contribution in [0.25, 0.3) is 0 Å². The second-order valence-electron chi connectivity index (χ2n) is 17.8. The molecular formula is C44H73NO6. The molecule has 0 radical (unpaired) electrons. The molecule has 4 aliphatic carbocycles. The van der Waals surface area contributed by atoms with Crippen LogP contribution >= 0.6 is 0 Å². The van der Waals surface area contributed by atoms with Crippen molar-refractivity contribution in [1.29, 1.82) is 0 Å². The Balaban J connectivity index is 1.17. The molecule has 0 spiro atoms. The van der Waals surface area contributed by atoms with Gasteiger partial charge in [0.1, 0.15) is 18.8 Å². The summed E-state index contributed by atoms with van der Waals surface area (Å²) in [6.45, 7) is 16.1. The SMILES string of the molecule is C=CCCCCCCCC(=O)OC(CN)COC(=O)CCC(=O)O[C@H]1CC[C@@]2(C)C(=CCC3C2CC[C@@]2(C)C3CC[C@@H]2[C@H](C)CCCC(C)C)C1. The summed E-state index contributed by atoms with van der Waals surface area (Å²) in [5, 5.41) is 0. The Morgan fingerprint density at radius 1 is 0.882 bits per heavy atom. The zero-order valence-corrected chi connectivity index (χ0v) is 33.1. The summed E-state index contributed by atoms with van der Waals surface area (Å²) in [5.74, 6) is 3.63. The maximum Gasteiger partial charge on any atom is 0.306 e. The maximum atomic E-state index is 12.8. The first-order valence-electron chi connectivity index (χ1n) is 21.0. The van der Waals surface area contributed by atoms with Gasteiger partial charge < -0.3 is 19.9 Å². The molecule has 7 heteroatoms. The Morgan fingerprint density at radius 3 is 2.37 bits per heavy atom. The molecule has 51 heavy (non-hydrogen) atoms. The average molecular weight is 712 g/mol. The van der Waals surface area contributed by atoms with Gasteiger partial charge in [-0.05, 0) is 111 Å². The molecule has 0 bridgehead atoms. The Morgan fingerprint density at radius 2 is 1.63 bits per heavy atom. The van der Waals surface area contributed by atoms with Crippen molar-refractivity contribution in [3.05, 3.63) is 24.3 Å². The third-order valence-corrected chi connectivity index (χ3v) is 13.9. The lowest BCUT2D eigenvalue weighted by molar-refractivity contribution is -0.160. The topological polar surface area (TPSA) is 105 Å². The van der Waals surface area contributed by atoms with E-state index in [4.69, 9.17) is 19.9 Å². The van der Waals surface area contributed by atoms with Gasteiger partial charge in [-0.1, -0.05) is 90.9 Å². The number of hydrogen-bond donors (Lipinski definition) is 1. The van der Waals surface area contributed by atoms with E-state index in [1.165, 1.54) is 56.9 Å². The molecule has 0 amide bonds. The zero-order valence-electron chi connectivity index (χ0n) is 33.1. The van der Waals surface area contributed by atoms with Crippen LogP contribution < -0.4 is 5.73 Å².